The first kappa shape index (κ1) is 16.1. The molecule has 1 aromatic heterocycles. The van der Waals surface area contributed by atoms with E-state index < -0.39 is 0 Å². The van der Waals surface area contributed by atoms with Gasteiger partial charge in [0.25, 0.3) is 0 Å². The van der Waals surface area contributed by atoms with Gasteiger partial charge < -0.3 is 11.1 Å². The Morgan fingerprint density at radius 3 is 2.48 bits per heavy atom. The van der Waals surface area contributed by atoms with Gasteiger partial charge in [-0.1, -0.05) is 36.2 Å². The van der Waals surface area contributed by atoms with Crippen LogP contribution < -0.4 is 11.1 Å². The number of halogens is 2. The SMILES string of the molecule is CCNC(Cc1c(Cl)cccc1Cl)c1c(C)ccnc1N. The molecule has 0 fully saturated rings. The number of nitrogen functional groups attached to an aromatic ring is 1. The fraction of sp³-hybridized carbons (Fsp3) is 0.312. The van der Waals surface area contributed by atoms with Crippen molar-refractivity contribution in [3.05, 3.63) is 57.2 Å². The molecular weight excluding hydrogens is 305 g/mol. The standard InChI is InChI=1S/C16H19Cl2N3/c1-3-20-14(15-10(2)7-8-21-16(15)19)9-11-12(17)5-4-6-13(11)18/h4-8,14,20H,3,9H2,1-2H3,(H2,19,21). The number of aryl methyl sites for hydroxylation is 1. The molecule has 5 heteroatoms. The quantitative estimate of drug-likeness (QED) is 0.868. The smallest absolute Gasteiger partial charge is 0.128 e. The van der Waals surface area contributed by atoms with Gasteiger partial charge in [0.1, 0.15) is 5.82 Å². The lowest BCUT2D eigenvalue weighted by Crippen LogP contribution is -2.25. The van der Waals surface area contributed by atoms with E-state index in [0.29, 0.717) is 22.3 Å². The Balaban J connectivity index is 2.41. The van der Waals surface area contributed by atoms with Gasteiger partial charge in [0, 0.05) is 27.8 Å². The molecule has 0 spiro atoms. The third-order valence-electron chi connectivity index (χ3n) is 3.51. The highest BCUT2D eigenvalue weighted by molar-refractivity contribution is 6.36. The van der Waals surface area contributed by atoms with E-state index in [2.05, 4.69) is 17.2 Å². The third kappa shape index (κ3) is 3.67. The number of rotatable bonds is 5. The van der Waals surface area contributed by atoms with E-state index in [1.54, 1.807) is 6.20 Å². The summed E-state index contributed by atoms with van der Waals surface area (Å²) >= 11 is 12.6. The molecule has 0 saturated heterocycles. The molecule has 0 bridgehead atoms. The molecule has 0 saturated carbocycles. The molecule has 1 heterocycles. The maximum absolute atomic E-state index is 6.28. The van der Waals surface area contributed by atoms with Gasteiger partial charge in [-0.25, -0.2) is 4.98 Å². The van der Waals surface area contributed by atoms with Crippen molar-refractivity contribution in [2.45, 2.75) is 26.3 Å². The monoisotopic (exact) mass is 323 g/mol. The molecule has 112 valence electrons. The van der Waals surface area contributed by atoms with Gasteiger partial charge in [-0.05, 0) is 49.2 Å². The average Bonchev–Trinajstić information content (AvgIpc) is 2.42. The molecule has 1 atom stereocenters. The first-order chi connectivity index (χ1) is 10.0. The summed E-state index contributed by atoms with van der Waals surface area (Å²) in [5.74, 6) is 0.545. The topological polar surface area (TPSA) is 50.9 Å². The fourth-order valence-electron chi connectivity index (χ4n) is 2.50. The summed E-state index contributed by atoms with van der Waals surface area (Å²) in [6.45, 7) is 4.91. The Bertz CT molecular complexity index is 588. The van der Waals surface area contributed by atoms with Crippen LogP contribution in [0.2, 0.25) is 10.0 Å². The molecule has 2 rings (SSSR count). The maximum atomic E-state index is 6.28. The second-order valence-corrected chi connectivity index (χ2v) is 5.76. The first-order valence-electron chi connectivity index (χ1n) is 6.91. The molecule has 1 aromatic carbocycles. The molecule has 3 N–H and O–H groups in total. The minimum atomic E-state index is 0.0288. The number of benzene rings is 1. The van der Waals surface area contributed by atoms with E-state index in [0.717, 1.165) is 23.2 Å². The van der Waals surface area contributed by atoms with Crippen LogP contribution in [0.5, 0.6) is 0 Å². The fourth-order valence-corrected chi connectivity index (χ4v) is 3.05. The minimum absolute atomic E-state index is 0.0288. The second kappa shape index (κ2) is 7.12. The van der Waals surface area contributed by atoms with Gasteiger partial charge in [0.2, 0.25) is 0 Å². The molecule has 0 radical (unpaired) electrons. The van der Waals surface area contributed by atoms with Gasteiger partial charge in [-0.3, -0.25) is 0 Å². The normalized spacial score (nSPS) is 12.4. The van der Waals surface area contributed by atoms with Crippen molar-refractivity contribution < 1.29 is 0 Å². The molecular formula is C16H19Cl2N3. The summed E-state index contributed by atoms with van der Waals surface area (Å²) in [4.78, 5) is 4.20. The largest absolute Gasteiger partial charge is 0.383 e. The van der Waals surface area contributed by atoms with E-state index >= 15 is 0 Å². The van der Waals surface area contributed by atoms with Crippen molar-refractivity contribution in [2.24, 2.45) is 0 Å². The number of hydrogen-bond donors (Lipinski definition) is 2. The van der Waals surface area contributed by atoms with Gasteiger partial charge >= 0.3 is 0 Å². The molecule has 1 unspecified atom stereocenters. The second-order valence-electron chi connectivity index (χ2n) is 4.94. The zero-order valence-corrected chi connectivity index (χ0v) is 13.7. The lowest BCUT2D eigenvalue weighted by atomic mass is 9.96. The summed E-state index contributed by atoms with van der Waals surface area (Å²) in [5.41, 5.74) is 9.11. The van der Waals surface area contributed by atoms with Crippen molar-refractivity contribution >= 4 is 29.0 Å². The zero-order chi connectivity index (χ0) is 15.4. The molecule has 0 aliphatic heterocycles. The van der Waals surface area contributed by atoms with E-state index in [9.17, 15) is 0 Å². The lowest BCUT2D eigenvalue weighted by Gasteiger charge is -2.22. The van der Waals surface area contributed by atoms with Gasteiger partial charge in [-0.2, -0.15) is 0 Å². The zero-order valence-electron chi connectivity index (χ0n) is 12.2. The Hall–Kier alpha value is -1.29. The number of aromatic nitrogens is 1. The summed E-state index contributed by atoms with van der Waals surface area (Å²) in [7, 11) is 0. The van der Waals surface area contributed by atoms with Crippen molar-refractivity contribution in [1.82, 2.24) is 10.3 Å². The first-order valence-corrected chi connectivity index (χ1v) is 7.67. The van der Waals surface area contributed by atoms with Crippen LogP contribution in [-0.4, -0.2) is 11.5 Å². The van der Waals surface area contributed by atoms with Crippen LogP contribution in [0.25, 0.3) is 0 Å². The number of hydrogen-bond acceptors (Lipinski definition) is 3. The number of nitrogens with two attached hydrogens (primary N) is 1. The molecule has 0 amide bonds. The van der Waals surface area contributed by atoms with Crippen LogP contribution in [0, 0.1) is 6.92 Å². The van der Waals surface area contributed by atoms with E-state index in [4.69, 9.17) is 28.9 Å². The maximum Gasteiger partial charge on any atom is 0.128 e. The molecule has 0 aliphatic rings. The van der Waals surface area contributed by atoms with Crippen molar-refractivity contribution in [3.63, 3.8) is 0 Å². The Labute approximate surface area is 135 Å². The van der Waals surface area contributed by atoms with Gasteiger partial charge in [0.05, 0.1) is 0 Å². The number of pyridine rings is 1. The lowest BCUT2D eigenvalue weighted by molar-refractivity contribution is 0.547. The molecule has 3 nitrogen and oxygen atoms in total. The number of nitrogens with zero attached hydrogens (tertiary/aromatic N) is 1. The summed E-state index contributed by atoms with van der Waals surface area (Å²) < 4.78 is 0. The van der Waals surface area contributed by atoms with Crippen LogP contribution in [0.15, 0.2) is 30.5 Å². The van der Waals surface area contributed by atoms with Crippen LogP contribution in [0.3, 0.4) is 0 Å². The molecule has 0 aliphatic carbocycles. The Morgan fingerprint density at radius 1 is 1.24 bits per heavy atom. The minimum Gasteiger partial charge on any atom is -0.383 e. The summed E-state index contributed by atoms with van der Waals surface area (Å²) in [5, 5.41) is 4.79. The third-order valence-corrected chi connectivity index (χ3v) is 4.22. The van der Waals surface area contributed by atoms with Gasteiger partial charge in [-0.15, -0.1) is 0 Å². The summed E-state index contributed by atoms with van der Waals surface area (Å²) in [6, 6.07) is 7.54. The van der Waals surface area contributed by atoms with E-state index in [-0.39, 0.29) is 6.04 Å². The van der Waals surface area contributed by atoms with Crippen LogP contribution in [0.1, 0.15) is 29.7 Å². The van der Waals surface area contributed by atoms with Crippen LogP contribution in [-0.2, 0) is 6.42 Å². The molecule has 21 heavy (non-hydrogen) atoms. The van der Waals surface area contributed by atoms with Crippen molar-refractivity contribution in [3.8, 4) is 0 Å². The Kier molecular flexibility index (Phi) is 5.45. The Morgan fingerprint density at radius 2 is 1.90 bits per heavy atom. The van der Waals surface area contributed by atoms with Crippen molar-refractivity contribution in [2.75, 3.05) is 12.3 Å². The predicted molar refractivity (Wildman–Crippen MR) is 90.0 cm³/mol. The highest BCUT2D eigenvalue weighted by Gasteiger charge is 2.19. The van der Waals surface area contributed by atoms with E-state index in [1.165, 1.54) is 0 Å². The highest BCUT2D eigenvalue weighted by atomic mass is 35.5. The van der Waals surface area contributed by atoms with E-state index in [1.807, 2.05) is 31.2 Å². The highest BCUT2D eigenvalue weighted by Crippen LogP contribution is 2.31. The number of nitrogens with one attached hydrogen (secondary N) is 1. The number of anilines is 1. The average molecular weight is 324 g/mol. The van der Waals surface area contributed by atoms with Crippen molar-refractivity contribution in [1.29, 1.82) is 0 Å². The summed E-state index contributed by atoms with van der Waals surface area (Å²) in [6.07, 6.45) is 2.39. The number of likely N-dealkylation sites (N-methyl/N-ethyl adjacent to an activating group) is 1. The van der Waals surface area contributed by atoms with Gasteiger partial charge in [0.15, 0.2) is 0 Å². The predicted octanol–water partition coefficient (Wildman–Crippen LogP) is 4.17. The van der Waals surface area contributed by atoms with Crippen LogP contribution in [0.4, 0.5) is 5.82 Å². The van der Waals surface area contributed by atoms with Crippen LogP contribution >= 0.6 is 23.2 Å². The molecule has 2 aromatic rings.